The number of hydrogen-bond acceptors (Lipinski definition) is 3. The highest BCUT2D eigenvalue weighted by Gasteiger charge is 2.20. The van der Waals surface area contributed by atoms with Crippen LogP contribution in [0.3, 0.4) is 0 Å². The molecule has 0 bridgehead atoms. The van der Waals surface area contributed by atoms with E-state index in [0.717, 1.165) is 22.4 Å². The van der Waals surface area contributed by atoms with Gasteiger partial charge in [0.15, 0.2) is 0 Å². The van der Waals surface area contributed by atoms with Gasteiger partial charge in [-0.25, -0.2) is 4.79 Å². The molecule has 1 N–H and O–H groups in total. The Morgan fingerprint density at radius 2 is 1.81 bits per heavy atom. The van der Waals surface area contributed by atoms with E-state index in [9.17, 15) is 9.90 Å². The minimum Gasteiger partial charge on any atom is -0.489 e. The third kappa shape index (κ3) is 5.38. The molecule has 0 atom stereocenters. The summed E-state index contributed by atoms with van der Waals surface area (Å²) in [6, 6.07) is 15.7. The van der Waals surface area contributed by atoms with Gasteiger partial charge in [0, 0.05) is 5.56 Å². The van der Waals surface area contributed by atoms with Gasteiger partial charge in [0.05, 0.1) is 6.61 Å². The molecule has 0 saturated carbocycles. The highest BCUT2D eigenvalue weighted by atomic mass is 16.5. The maximum atomic E-state index is 11.3. The monoisotopic (exact) mass is 354 g/mol. The summed E-state index contributed by atoms with van der Waals surface area (Å²) in [5.74, 6) is -0.342. The Kier molecular flexibility index (Phi) is 6.45. The summed E-state index contributed by atoms with van der Waals surface area (Å²) in [5.41, 5.74) is 2.74. The molecule has 0 fully saturated rings. The minimum atomic E-state index is -1.08. The molecule has 0 aromatic heterocycles. The van der Waals surface area contributed by atoms with Crippen molar-refractivity contribution in [2.24, 2.45) is 0 Å². The van der Waals surface area contributed by atoms with Crippen molar-refractivity contribution in [2.45, 2.75) is 39.7 Å². The normalized spacial score (nSPS) is 11.9. The third-order valence-corrected chi connectivity index (χ3v) is 3.86. The summed E-state index contributed by atoms with van der Waals surface area (Å²) in [6.45, 7) is 8.86. The smallest absolute Gasteiger partial charge is 0.371 e. The van der Waals surface area contributed by atoms with Crippen molar-refractivity contribution in [1.82, 2.24) is 0 Å². The van der Waals surface area contributed by atoms with Crippen molar-refractivity contribution in [2.75, 3.05) is 6.61 Å². The fraction of sp³-hybridized carbons (Fsp3) is 0.318. The summed E-state index contributed by atoms with van der Waals surface area (Å²) in [5, 5.41) is 9.24. The SMILES string of the molecule is CCO/C(=C\c1ccc(OCc2ccccc2)c(C(C)(C)C)c1)C(=O)O. The summed E-state index contributed by atoms with van der Waals surface area (Å²) >= 11 is 0. The molecule has 0 radical (unpaired) electrons. The Morgan fingerprint density at radius 1 is 1.12 bits per heavy atom. The molecule has 4 heteroatoms. The lowest BCUT2D eigenvalue weighted by Crippen LogP contribution is -2.14. The standard InChI is InChI=1S/C22H26O4/c1-5-25-20(21(23)24)14-17-11-12-19(18(13-17)22(2,3)4)26-15-16-9-7-6-8-10-16/h6-14H,5,15H2,1-4H3,(H,23,24)/b20-14-. The largest absolute Gasteiger partial charge is 0.489 e. The Morgan fingerprint density at radius 3 is 2.38 bits per heavy atom. The van der Waals surface area contributed by atoms with Crippen molar-refractivity contribution in [3.63, 3.8) is 0 Å². The molecule has 2 aromatic carbocycles. The van der Waals surface area contributed by atoms with E-state index in [4.69, 9.17) is 9.47 Å². The van der Waals surface area contributed by atoms with Crippen molar-refractivity contribution in [3.8, 4) is 5.75 Å². The second-order valence-electron chi connectivity index (χ2n) is 7.03. The Balaban J connectivity index is 2.32. The summed E-state index contributed by atoms with van der Waals surface area (Å²) in [4.78, 5) is 11.3. The Bertz CT molecular complexity index is 770. The van der Waals surface area contributed by atoms with Crippen LogP contribution in [0.4, 0.5) is 0 Å². The van der Waals surface area contributed by atoms with E-state index in [0.29, 0.717) is 13.2 Å². The molecule has 2 rings (SSSR count). The fourth-order valence-corrected chi connectivity index (χ4v) is 2.56. The number of carboxylic acid groups (broad SMARTS) is 1. The molecule has 0 saturated heterocycles. The lowest BCUT2D eigenvalue weighted by atomic mass is 9.85. The van der Waals surface area contributed by atoms with Gasteiger partial charge in [-0.15, -0.1) is 0 Å². The fourth-order valence-electron chi connectivity index (χ4n) is 2.56. The second-order valence-corrected chi connectivity index (χ2v) is 7.03. The third-order valence-electron chi connectivity index (χ3n) is 3.86. The van der Waals surface area contributed by atoms with Gasteiger partial charge in [-0.05, 0) is 41.7 Å². The summed E-state index contributed by atoms with van der Waals surface area (Å²) < 4.78 is 11.2. The molecule has 0 amide bonds. The highest BCUT2D eigenvalue weighted by molar-refractivity contribution is 5.89. The number of carbonyl (C=O) groups is 1. The van der Waals surface area contributed by atoms with Crippen LogP contribution in [-0.2, 0) is 21.6 Å². The van der Waals surface area contributed by atoms with Crippen LogP contribution in [-0.4, -0.2) is 17.7 Å². The molecule has 0 spiro atoms. The van der Waals surface area contributed by atoms with E-state index in [-0.39, 0.29) is 11.2 Å². The average molecular weight is 354 g/mol. The molecule has 0 aliphatic heterocycles. The van der Waals surface area contributed by atoms with Crippen LogP contribution in [0.25, 0.3) is 6.08 Å². The predicted molar refractivity (Wildman–Crippen MR) is 103 cm³/mol. The van der Waals surface area contributed by atoms with Crippen molar-refractivity contribution in [1.29, 1.82) is 0 Å². The lowest BCUT2D eigenvalue weighted by Gasteiger charge is -2.23. The molecule has 26 heavy (non-hydrogen) atoms. The second kappa shape index (κ2) is 8.56. The molecular weight excluding hydrogens is 328 g/mol. The summed E-state index contributed by atoms with van der Waals surface area (Å²) in [6.07, 6.45) is 1.54. The first-order valence-electron chi connectivity index (χ1n) is 8.70. The van der Waals surface area contributed by atoms with Crippen molar-refractivity contribution < 1.29 is 19.4 Å². The van der Waals surface area contributed by atoms with Gasteiger partial charge >= 0.3 is 5.97 Å². The highest BCUT2D eigenvalue weighted by Crippen LogP contribution is 2.33. The number of benzene rings is 2. The molecular formula is C22H26O4. The minimum absolute atomic E-state index is 0.0645. The Hall–Kier alpha value is -2.75. The molecule has 4 nitrogen and oxygen atoms in total. The van der Waals surface area contributed by atoms with Crippen LogP contribution >= 0.6 is 0 Å². The number of aliphatic carboxylic acids is 1. The first-order valence-corrected chi connectivity index (χ1v) is 8.70. The maximum Gasteiger partial charge on any atom is 0.371 e. The van der Waals surface area contributed by atoms with Crippen LogP contribution in [0.15, 0.2) is 54.3 Å². The molecule has 0 aliphatic rings. The topological polar surface area (TPSA) is 55.8 Å². The maximum absolute atomic E-state index is 11.3. The number of carboxylic acids is 1. The van der Waals surface area contributed by atoms with Crippen LogP contribution in [0.2, 0.25) is 0 Å². The zero-order valence-corrected chi connectivity index (χ0v) is 15.8. The van der Waals surface area contributed by atoms with E-state index < -0.39 is 5.97 Å². The van der Waals surface area contributed by atoms with E-state index >= 15 is 0 Å². The zero-order valence-electron chi connectivity index (χ0n) is 15.8. The molecule has 0 heterocycles. The first kappa shape index (κ1) is 19.6. The van der Waals surface area contributed by atoms with Crippen LogP contribution < -0.4 is 4.74 Å². The van der Waals surface area contributed by atoms with Crippen molar-refractivity contribution in [3.05, 3.63) is 71.0 Å². The van der Waals surface area contributed by atoms with E-state index in [1.165, 1.54) is 0 Å². The van der Waals surface area contributed by atoms with Gasteiger partial charge in [-0.3, -0.25) is 0 Å². The molecule has 0 aliphatic carbocycles. The van der Waals surface area contributed by atoms with Crippen LogP contribution in [0.1, 0.15) is 44.4 Å². The van der Waals surface area contributed by atoms with Crippen molar-refractivity contribution >= 4 is 12.0 Å². The Labute approximate surface area is 155 Å². The quantitative estimate of drug-likeness (QED) is 0.560. The van der Waals surface area contributed by atoms with Gasteiger partial charge in [0.2, 0.25) is 5.76 Å². The number of rotatable bonds is 7. The molecule has 0 unspecified atom stereocenters. The zero-order chi connectivity index (χ0) is 19.2. The summed E-state index contributed by atoms with van der Waals surface area (Å²) in [7, 11) is 0. The van der Waals surface area contributed by atoms with E-state index in [1.807, 2.05) is 48.5 Å². The molecule has 2 aromatic rings. The van der Waals surface area contributed by atoms with E-state index in [1.54, 1.807) is 13.0 Å². The van der Waals surface area contributed by atoms with Crippen LogP contribution in [0.5, 0.6) is 5.75 Å². The average Bonchev–Trinajstić information content (AvgIpc) is 2.60. The van der Waals surface area contributed by atoms with Crippen LogP contribution in [0, 0.1) is 0 Å². The first-order chi connectivity index (χ1) is 12.3. The van der Waals surface area contributed by atoms with Gasteiger partial charge in [0.1, 0.15) is 12.4 Å². The van der Waals surface area contributed by atoms with E-state index in [2.05, 4.69) is 20.8 Å². The van der Waals surface area contributed by atoms with Gasteiger partial charge in [0.25, 0.3) is 0 Å². The van der Waals surface area contributed by atoms with Gasteiger partial charge < -0.3 is 14.6 Å². The molecule has 138 valence electrons. The van der Waals surface area contributed by atoms with Gasteiger partial charge in [-0.2, -0.15) is 0 Å². The predicted octanol–water partition coefficient (Wildman–Crippen LogP) is 5.03. The lowest BCUT2D eigenvalue weighted by molar-refractivity contribution is -0.136. The number of ether oxygens (including phenoxy) is 2. The van der Waals surface area contributed by atoms with Gasteiger partial charge in [-0.1, -0.05) is 57.2 Å². The number of hydrogen-bond donors (Lipinski definition) is 1.